The Kier molecular flexibility index (Phi) is 14.9. The Hall–Kier alpha value is -3.19. The van der Waals surface area contributed by atoms with Gasteiger partial charge < -0.3 is 59.2 Å². The van der Waals surface area contributed by atoms with Crippen LogP contribution >= 0.6 is 0 Å². The predicted octanol–water partition coefficient (Wildman–Crippen LogP) is 2.05. The van der Waals surface area contributed by atoms with Crippen molar-refractivity contribution in [2.75, 3.05) is 45.8 Å². The molecule has 4 aliphatic carbocycles. The van der Waals surface area contributed by atoms with Crippen molar-refractivity contribution in [1.29, 1.82) is 0 Å². The quantitative estimate of drug-likeness (QED) is 0.110. The highest BCUT2D eigenvalue weighted by Crippen LogP contribution is 2.69. The molecule has 3 heterocycles. The van der Waals surface area contributed by atoms with Crippen molar-refractivity contribution in [3.63, 3.8) is 0 Å². The smallest absolute Gasteiger partial charge is 0.325 e. The molecule has 0 radical (unpaired) electrons. The van der Waals surface area contributed by atoms with Crippen molar-refractivity contribution in [2.45, 2.75) is 164 Å². The van der Waals surface area contributed by atoms with E-state index in [1.165, 1.54) is 43.7 Å². The number of aliphatic hydroxyl groups excluding tert-OH is 5. The molecule has 0 unspecified atom stereocenters. The molecule has 6 aliphatic rings. The number of ether oxygens (including phenoxy) is 5. The lowest BCUT2D eigenvalue weighted by molar-refractivity contribution is -0.345. The second-order valence-electron chi connectivity index (χ2n) is 21.7. The van der Waals surface area contributed by atoms with E-state index in [-0.39, 0.29) is 64.0 Å². The third-order valence-corrected chi connectivity index (χ3v) is 18.9. The van der Waals surface area contributed by atoms with Gasteiger partial charge in [0.05, 0.1) is 31.1 Å². The highest BCUT2D eigenvalue weighted by Gasteiger charge is 2.70. The number of fused-ring (bicyclic) bond motifs is 6. The minimum Gasteiger partial charge on any atom is -0.456 e. The molecule has 0 bridgehead atoms. The maximum Gasteiger partial charge on any atom is 0.325 e. The van der Waals surface area contributed by atoms with Crippen molar-refractivity contribution in [1.82, 2.24) is 14.6 Å². The van der Waals surface area contributed by atoms with Gasteiger partial charge in [0.25, 0.3) is 0 Å². The second-order valence-corrected chi connectivity index (χ2v) is 23.8. The number of sulfonamides is 1. The lowest BCUT2D eigenvalue weighted by Crippen LogP contribution is -2.63. The Morgan fingerprint density at radius 3 is 2.30 bits per heavy atom. The fourth-order valence-corrected chi connectivity index (χ4v) is 13.9. The van der Waals surface area contributed by atoms with Gasteiger partial charge in [0.15, 0.2) is 29.7 Å². The number of aliphatic hydroxyl groups is 6. The van der Waals surface area contributed by atoms with Gasteiger partial charge in [0.2, 0.25) is 10.0 Å². The van der Waals surface area contributed by atoms with E-state index in [0.29, 0.717) is 37.3 Å². The highest BCUT2D eigenvalue weighted by molar-refractivity contribution is 7.89. The van der Waals surface area contributed by atoms with Crippen molar-refractivity contribution in [2.24, 2.45) is 40.4 Å². The molecule has 8 rings (SSSR count). The molecule has 1 aromatic carbocycles. The van der Waals surface area contributed by atoms with Gasteiger partial charge in [-0.1, -0.05) is 46.3 Å². The summed E-state index contributed by atoms with van der Waals surface area (Å²) in [6, 6.07) is 2.75. The molecule has 6 N–H and O–H groups in total. The zero-order valence-corrected chi connectivity index (χ0v) is 41.7. The largest absolute Gasteiger partial charge is 0.456 e. The summed E-state index contributed by atoms with van der Waals surface area (Å²) in [7, 11) is 0.354. The number of hydrogen-bond donors (Lipinski definition) is 6. The average Bonchev–Trinajstić information content (AvgIpc) is 3.88. The molecule has 20 nitrogen and oxygen atoms in total. The van der Waals surface area contributed by atoms with E-state index in [4.69, 9.17) is 28.3 Å². The summed E-state index contributed by atoms with van der Waals surface area (Å²) in [6.45, 7) is 9.05. The van der Waals surface area contributed by atoms with Gasteiger partial charge >= 0.3 is 5.97 Å². The van der Waals surface area contributed by atoms with E-state index in [1.54, 1.807) is 6.92 Å². The number of allylic oxidation sites excluding steroid dienone is 1. The van der Waals surface area contributed by atoms with Crippen LogP contribution in [0.3, 0.4) is 0 Å². The van der Waals surface area contributed by atoms with Crippen LogP contribution in [-0.4, -0.2) is 173 Å². The zero-order valence-electron chi connectivity index (χ0n) is 40.8. The molecule has 21 heteroatoms. The van der Waals surface area contributed by atoms with Crippen LogP contribution in [0.25, 0.3) is 11.0 Å². The van der Waals surface area contributed by atoms with Gasteiger partial charge in [-0.15, -0.1) is 0 Å². The standard InChI is InChI=1S/C48H72N4O16S/c1-24(2)9-13-32(54)25(3)48(60)36(20-30-28-11-10-26-19-27(53)15-17-46(26,4)29(28)16-18-47(30,48)5)66-45-42(59)43(33(55)22-63-45)67-44-41(58)40(57)34(23-64-44)65-37(56)21-52(8)31-12-14-35(69(61,62)51(6)7)39-38(31)49-68-50-39/h10,12,14,24-25,27-30,33-34,36,40-45,53,55,57-60H,9,11,13,15-23H2,1-8H3/t25-,27+,28-,29+,30+,33+,34-,36+,40+,41-,42-,43+,44+,45+,46+,47+,48-/m1/s1. The molecular weight excluding hydrogens is 921 g/mol. The van der Waals surface area contributed by atoms with Gasteiger partial charge in [-0.3, -0.25) is 9.59 Å². The normalized spacial score (nSPS) is 39.7. The van der Waals surface area contributed by atoms with E-state index >= 15 is 0 Å². The van der Waals surface area contributed by atoms with Gasteiger partial charge in [-0.25, -0.2) is 17.4 Å². The molecule has 0 spiro atoms. The fourth-order valence-electron chi connectivity index (χ4n) is 12.9. The van der Waals surface area contributed by atoms with Gasteiger partial charge in [0.1, 0.15) is 53.3 Å². The lowest BCUT2D eigenvalue weighted by atomic mass is 9.46. The Balaban J connectivity index is 0.939. The molecule has 2 aliphatic heterocycles. The SMILES string of the molecule is CC(C)CCC(=O)[C@@H](C)[C@@]1(O)[C@@H](O[C@@H]2OC[C@H](O)[C@H](O[C@@H]3OC[C@@H](OC(=O)CN(C)c4ccc(S(=O)(=O)N(C)C)c5nonc45)[C@H](O)[C@H]3O)[C@H]2O)C[C@H]2[C@@H]3CC=C4C[C@@H](O)CC[C@]4(C)[C@H]3CC[C@@]21C. The maximum absolute atomic E-state index is 14.1. The molecule has 69 heavy (non-hydrogen) atoms. The number of carbonyl (C=O) groups excluding carboxylic acids is 2. The fraction of sp³-hybridized carbons (Fsp3) is 0.792. The Morgan fingerprint density at radius 1 is 0.899 bits per heavy atom. The number of anilines is 1. The van der Waals surface area contributed by atoms with Crippen molar-refractivity contribution >= 4 is 38.5 Å². The number of rotatable bonds is 15. The number of aromatic nitrogens is 2. The number of Topliss-reactive ketones (excluding diaryl/α,β-unsaturated/α-hetero) is 1. The highest BCUT2D eigenvalue weighted by atomic mass is 32.2. The number of nitrogens with zero attached hydrogens (tertiary/aromatic N) is 4. The summed E-state index contributed by atoms with van der Waals surface area (Å²) in [5.74, 6) is -1.02. The Labute approximate surface area is 403 Å². The molecule has 1 aromatic heterocycles. The number of carbonyl (C=O) groups is 2. The number of ketones is 1. The number of likely N-dealkylation sites (N-methyl/N-ethyl adjacent to an activating group) is 1. The van der Waals surface area contributed by atoms with Gasteiger partial charge in [-0.2, -0.15) is 0 Å². The number of hydrogen-bond acceptors (Lipinski definition) is 19. The van der Waals surface area contributed by atoms with E-state index in [0.717, 1.165) is 30.0 Å². The molecule has 2 saturated heterocycles. The molecule has 0 amide bonds. The maximum atomic E-state index is 14.1. The van der Waals surface area contributed by atoms with Crippen LogP contribution in [0.2, 0.25) is 0 Å². The zero-order chi connectivity index (χ0) is 50.1. The van der Waals surface area contributed by atoms with Gasteiger partial charge in [-0.05, 0) is 103 Å². The molecular formula is C48H72N4O16S. The second kappa shape index (κ2) is 19.7. The summed E-state index contributed by atoms with van der Waals surface area (Å²) >= 11 is 0. The molecule has 17 atom stereocenters. The minimum atomic E-state index is -3.91. The first-order valence-electron chi connectivity index (χ1n) is 24.4. The summed E-state index contributed by atoms with van der Waals surface area (Å²) < 4.78 is 61.4. The lowest BCUT2D eigenvalue weighted by Gasteiger charge is -2.59. The summed E-state index contributed by atoms with van der Waals surface area (Å²) in [6.07, 6.45) is -5.71. The number of esters is 1. The first kappa shape index (κ1) is 52.1. The number of benzene rings is 1. The Bertz CT molecular complexity index is 2350. The van der Waals surface area contributed by atoms with E-state index < -0.39 is 101 Å². The van der Waals surface area contributed by atoms with E-state index in [1.807, 2.05) is 13.8 Å². The minimum absolute atomic E-state index is 0.0413. The summed E-state index contributed by atoms with van der Waals surface area (Å²) in [5, 5.41) is 76.8. The van der Waals surface area contributed by atoms with Crippen LogP contribution in [0.5, 0.6) is 0 Å². The molecule has 2 aromatic rings. The molecule has 3 saturated carbocycles. The van der Waals surface area contributed by atoms with Gasteiger partial charge in [0, 0.05) is 38.9 Å². The monoisotopic (exact) mass is 992 g/mol. The molecule has 386 valence electrons. The summed E-state index contributed by atoms with van der Waals surface area (Å²) in [4.78, 5) is 28.5. The van der Waals surface area contributed by atoms with E-state index in [9.17, 15) is 48.6 Å². The molecule has 5 fully saturated rings. The third kappa shape index (κ3) is 9.19. The first-order chi connectivity index (χ1) is 32.4. The van der Waals surface area contributed by atoms with Crippen LogP contribution in [-0.2, 0) is 43.3 Å². The predicted molar refractivity (Wildman–Crippen MR) is 245 cm³/mol. The van der Waals surface area contributed by atoms with Crippen molar-refractivity contribution < 1.29 is 77.0 Å². The van der Waals surface area contributed by atoms with Crippen LogP contribution in [0.4, 0.5) is 5.69 Å². The van der Waals surface area contributed by atoms with Crippen molar-refractivity contribution in [3.8, 4) is 0 Å². The van der Waals surface area contributed by atoms with Crippen LogP contribution in [0.15, 0.2) is 33.3 Å². The topological polar surface area (TPSA) is 281 Å². The Morgan fingerprint density at radius 2 is 1.59 bits per heavy atom. The summed E-state index contributed by atoms with van der Waals surface area (Å²) in [5.41, 5.74) is -0.848. The van der Waals surface area contributed by atoms with Crippen LogP contribution < -0.4 is 4.90 Å². The first-order valence-corrected chi connectivity index (χ1v) is 25.8. The third-order valence-electron chi connectivity index (χ3n) is 17.1. The van der Waals surface area contributed by atoms with Crippen molar-refractivity contribution in [3.05, 3.63) is 23.8 Å². The van der Waals surface area contributed by atoms with Crippen LogP contribution in [0, 0.1) is 40.4 Å². The van der Waals surface area contributed by atoms with E-state index in [2.05, 4.69) is 30.2 Å². The average molecular weight is 993 g/mol. The van der Waals surface area contributed by atoms with Crippen LogP contribution in [0.1, 0.15) is 92.4 Å².